The average Bonchev–Trinajstić information content (AvgIpc) is 3.18. The smallest absolute Gasteiger partial charge is 0.312 e. The van der Waals surface area contributed by atoms with Gasteiger partial charge in [-0.05, 0) is 64.1 Å². The Kier molecular flexibility index (Phi) is 20.2. The lowest BCUT2D eigenvalue weighted by Crippen LogP contribution is -2.49. The number of fused-ring (bicyclic) bond motifs is 1. The van der Waals surface area contributed by atoms with Crippen LogP contribution in [-0.2, 0) is 34.9 Å². The maximum atomic E-state index is 16.5. The van der Waals surface area contributed by atoms with Gasteiger partial charge in [-0.15, -0.1) is 6.42 Å². The van der Waals surface area contributed by atoms with Crippen LogP contribution in [0.15, 0.2) is 176 Å². The summed E-state index contributed by atoms with van der Waals surface area (Å²) in [5.74, 6) is 2.98. The molecule has 0 aliphatic carbocycles. The molecular weight excluding hydrogens is 1040 g/mol. The molecule has 8 aromatic rings. The van der Waals surface area contributed by atoms with Crippen molar-refractivity contribution in [3.63, 3.8) is 0 Å². The number of Topliss-reactive ketones (excluding diaryl/α,β-unsaturated/α-hetero) is 1. The number of carbonyl (C=O) groups is 2. The van der Waals surface area contributed by atoms with Gasteiger partial charge < -0.3 is 29.0 Å². The SMILES string of the molecule is C#C[C@]1(COC(=O)[C@H](C)CC(=O)CCCCCCCCCCCCC)O[C@@H](n2cnc3c(NC(c4ccccc4)(c4ccccc4)c4ccc(OC)cc4)nc(F)nc32)C[C@@H]1OC(c1ccccc1)(c1ccccc1)c1ccc(OC)cc1. The molecule has 1 aliphatic heterocycles. The summed E-state index contributed by atoms with van der Waals surface area (Å²) in [6.07, 6.45) is 18.6. The number of rotatable bonds is 30. The van der Waals surface area contributed by atoms with Gasteiger partial charge in [-0.25, -0.2) is 4.98 Å². The summed E-state index contributed by atoms with van der Waals surface area (Å²) in [7, 11) is 3.23. The second-order valence-corrected chi connectivity index (χ2v) is 21.6. The molecule has 2 aromatic heterocycles. The minimum absolute atomic E-state index is 0.00858. The first-order valence-electron chi connectivity index (χ1n) is 29.3. The lowest BCUT2D eigenvalue weighted by Gasteiger charge is -2.41. The standard InChI is InChI=1S/C70H76FN5O7/c1-6-8-9-10-11-12-13-14-15-16-29-38-58(77)47-51(3)66(78)81-49-68(7-2)61(82-70(55-34-25-19-26-35-55,56-36-27-20-28-37-56)57-41-45-60(80-5)46-42-57)48-62(83-68)76-50-72-63-64(73-67(71)74-65(63)76)75-69(52-30-21-17-22-31-52,53-32-23-18-24-33-53)54-39-43-59(79-4)44-40-54/h2,17-28,30-37,39-46,50-51,61-62H,6,8-16,29,38,47-49H2,1,3-5H3,(H,73,74,75)/t51-,61+,62-,68-/m1/s1. The molecule has 9 rings (SSSR count). The zero-order valence-corrected chi connectivity index (χ0v) is 48.2. The van der Waals surface area contributed by atoms with Gasteiger partial charge >= 0.3 is 12.0 Å². The summed E-state index contributed by atoms with van der Waals surface area (Å²) in [6.45, 7) is 3.50. The Balaban J connectivity index is 1.06. The van der Waals surface area contributed by atoms with Gasteiger partial charge in [0.25, 0.3) is 0 Å². The van der Waals surface area contributed by atoms with E-state index in [1.54, 1.807) is 25.7 Å². The van der Waals surface area contributed by atoms with Crippen molar-refractivity contribution in [3.8, 4) is 23.8 Å². The fourth-order valence-electron chi connectivity index (χ4n) is 11.6. The molecule has 0 saturated carbocycles. The van der Waals surface area contributed by atoms with Gasteiger partial charge in [-0.2, -0.15) is 14.4 Å². The molecule has 0 spiro atoms. The van der Waals surface area contributed by atoms with E-state index in [0.717, 1.165) is 52.6 Å². The topological polar surface area (TPSA) is 136 Å². The molecule has 0 radical (unpaired) electrons. The van der Waals surface area contributed by atoms with Crippen LogP contribution in [0.2, 0.25) is 0 Å². The van der Waals surface area contributed by atoms with Crippen molar-refractivity contribution < 1.29 is 37.7 Å². The highest BCUT2D eigenvalue weighted by atomic mass is 19.1. The van der Waals surface area contributed by atoms with Crippen molar-refractivity contribution in [2.75, 3.05) is 26.1 Å². The van der Waals surface area contributed by atoms with Crippen LogP contribution in [0, 0.1) is 24.3 Å². The van der Waals surface area contributed by atoms with Crippen molar-refractivity contribution in [1.29, 1.82) is 0 Å². The zero-order chi connectivity index (χ0) is 58.1. The molecule has 1 aliphatic rings. The quantitative estimate of drug-likeness (QED) is 0.0151. The lowest BCUT2D eigenvalue weighted by molar-refractivity contribution is -0.168. The molecule has 0 amide bonds. The van der Waals surface area contributed by atoms with Crippen LogP contribution in [0.5, 0.6) is 11.5 Å². The molecule has 430 valence electrons. The number of aromatic nitrogens is 4. The molecule has 1 fully saturated rings. The monoisotopic (exact) mass is 1120 g/mol. The molecule has 1 saturated heterocycles. The Morgan fingerprint density at radius 2 is 1.16 bits per heavy atom. The van der Waals surface area contributed by atoms with Crippen molar-refractivity contribution in [1.82, 2.24) is 19.5 Å². The number of ether oxygens (including phenoxy) is 5. The Morgan fingerprint density at radius 3 is 1.66 bits per heavy atom. The van der Waals surface area contributed by atoms with Crippen molar-refractivity contribution >= 4 is 28.7 Å². The number of esters is 1. The third kappa shape index (κ3) is 13.5. The number of carbonyl (C=O) groups excluding carboxylic acids is 2. The predicted octanol–water partition coefficient (Wildman–Crippen LogP) is 14.9. The number of imidazole rings is 1. The molecule has 0 bridgehead atoms. The summed E-state index contributed by atoms with van der Waals surface area (Å²) in [5.41, 5.74) is 0.904. The highest BCUT2D eigenvalue weighted by Gasteiger charge is 2.55. The van der Waals surface area contributed by atoms with E-state index in [0.29, 0.717) is 17.9 Å². The number of anilines is 1. The summed E-state index contributed by atoms with van der Waals surface area (Å²) in [5, 5.41) is 3.69. The molecule has 6 aromatic carbocycles. The largest absolute Gasteiger partial charge is 0.497 e. The summed E-state index contributed by atoms with van der Waals surface area (Å²) >= 11 is 0. The molecule has 1 N–H and O–H groups in total. The van der Waals surface area contributed by atoms with E-state index < -0.39 is 53.6 Å². The van der Waals surface area contributed by atoms with Crippen LogP contribution < -0.4 is 14.8 Å². The second kappa shape index (κ2) is 28.2. The van der Waals surface area contributed by atoms with E-state index in [9.17, 15) is 9.59 Å². The van der Waals surface area contributed by atoms with Crippen LogP contribution in [0.1, 0.15) is 143 Å². The minimum atomic E-state index is -1.77. The van der Waals surface area contributed by atoms with Crippen LogP contribution >= 0.6 is 0 Å². The van der Waals surface area contributed by atoms with Crippen molar-refractivity contribution in [3.05, 3.63) is 216 Å². The van der Waals surface area contributed by atoms with Gasteiger partial charge in [-0.3, -0.25) is 14.2 Å². The van der Waals surface area contributed by atoms with E-state index in [1.807, 2.05) is 170 Å². The second-order valence-electron chi connectivity index (χ2n) is 21.6. The highest BCUT2D eigenvalue weighted by Crippen LogP contribution is 2.49. The predicted molar refractivity (Wildman–Crippen MR) is 322 cm³/mol. The van der Waals surface area contributed by atoms with Crippen molar-refractivity contribution in [2.24, 2.45) is 5.92 Å². The molecule has 0 unspecified atom stereocenters. The van der Waals surface area contributed by atoms with E-state index in [4.69, 9.17) is 35.1 Å². The van der Waals surface area contributed by atoms with Crippen LogP contribution in [0.25, 0.3) is 11.2 Å². The van der Waals surface area contributed by atoms with Crippen molar-refractivity contribution in [2.45, 2.75) is 133 Å². The Morgan fingerprint density at radius 1 is 0.687 bits per heavy atom. The molecule has 3 heterocycles. The van der Waals surface area contributed by atoms with Gasteiger partial charge in [0.2, 0.25) is 0 Å². The van der Waals surface area contributed by atoms with Gasteiger partial charge in [-0.1, -0.05) is 230 Å². The first-order valence-corrected chi connectivity index (χ1v) is 29.3. The number of benzene rings is 6. The zero-order valence-electron chi connectivity index (χ0n) is 48.2. The van der Waals surface area contributed by atoms with Gasteiger partial charge in [0.1, 0.15) is 47.4 Å². The third-order valence-electron chi connectivity index (χ3n) is 16.1. The molecule has 83 heavy (non-hydrogen) atoms. The number of unbranched alkanes of at least 4 members (excludes halogenated alkanes) is 10. The maximum absolute atomic E-state index is 16.5. The summed E-state index contributed by atoms with van der Waals surface area (Å²) in [6, 6.07) is 54.7. The molecular formula is C70H76FN5O7. The first kappa shape index (κ1) is 59.4. The Labute approximate surface area is 488 Å². The molecule has 4 atom stereocenters. The van der Waals surface area contributed by atoms with E-state index in [1.165, 1.54) is 57.7 Å². The number of nitrogens with zero attached hydrogens (tertiary/aromatic N) is 4. The van der Waals surface area contributed by atoms with E-state index in [2.05, 4.69) is 28.1 Å². The number of terminal acetylenes is 1. The van der Waals surface area contributed by atoms with E-state index in [-0.39, 0.29) is 35.6 Å². The summed E-state index contributed by atoms with van der Waals surface area (Å²) in [4.78, 5) is 41.2. The number of nitrogens with one attached hydrogen (secondary N) is 1. The fraction of sp³-hybridized carbons (Fsp3) is 0.357. The third-order valence-corrected chi connectivity index (χ3v) is 16.1. The highest BCUT2D eigenvalue weighted by molar-refractivity contribution is 5.85. The van der Waals surface area contributed by atoms with Gasteiger partial charge in [0.15, 0.2) is 22.6 Å². The van der Waals surface area contributed by atoms with Gasteiger partial charge in [0.05, 0.1) is 26.5 Å². The number of hydrogen-bond donors (Lipinski definition) is 1. The molecule has 12 nitrogen and oxygen atoms in total. The Bertz CT molecular complexity index is 3300. The fourth-order valence-corrected chi connectivity index (χ4v) is 11.6. The summed E-state index contributed by atoms with van der Waals surface area (Å²) < 4.78 is 50.3. The van der Waals surface area contributed by atoms with Gasteiger partial charge in [0, 0.05) is 19.3 Å². The number of methoxy groups -OCH3 is 2. The number of hydrogen-bond acceptors (Lipinski definition) is 11. The van der Waals surface area contributed by atoms with Crippen LogP contribution in [0.4, 0.5) is 10.2 Å². The molecule has 13 heteroatoms. The van der Waals surface area contributed by atoms with Crippen LogP contribution in [-0.4, -0.2) is 63.8 Å². The number of ketones is 1. The van der Waals surface area contributed by atoms with E-state index >= 15 is 4.39 Å². The maximum Gasteiger partial charge on any atom is 0.312 e. The Hall–Kier alpha value is -8.18. The normalized spacial score (nSPS) is 16.5. The minimum Gasteiger partial charge on any atom is -0.497 e. The van der Waals surface area contributed by atoms with Crippen LogP contribution in [0.3, 0.4) is 0 Å². The average molecular weight is 1120 g/mol. The number of halogens is 1. The first-order chi connectivity index (χ1) is 40.6. The lowest BCUT2D eigenvalue weighted by atomic mass is 9.77.